The summed E-state index contributed by atoms with van der Waals surface area (Å²) in [5, 5.41) is 8.98. The maximum Gasteiger partial charge on any atom is 0.251 e. The molecule has 1 aromatic carbocycles. The molecule has 9 heteroatoms. The van der Waals surface area contributed by atoms with Crippen LogP contribution in [-0.4, -0.2) is 50.1 Å². The van der Waals surface area contributed by atoms with Crippen LogP contribution < -0.4 is 21.7 Å². The van der Waals surface area contributed by atoms with Gasteiger partial charge in [-0.2, -0.15) is 0 Å². The van der Waals surface area contributed by atoms with Gasteiger partial charge in [0.1, 0.15) is 0 Å². The maximum absolute atomic E-state index is 11.8. The van der Waals surface area contributed by atoms with Crippen molar-refractivity contribution < 1.29 is 14.3 Å². The van der Waals surface area contributed by atoms with E-state index in [1.807, 2.05) is 12.1 Å². The second-order valence-electron chi connectivity index (χ2n) is 6.53. The van der Waals surface area contributed by atoms with Crippen molar-refractivity contribution in [1.29, 1.82) is 0 Å². The number of halogens is 1. The van der Waals surface area contributed by atoms with E-state index >= 15 is 0 Å². The number of rotatable bonds is 7. The van der Waals surface area contributed by atoms with Crippen LogP contribution in [0.15, 0.2) is 29.3 Å². The molecule has 0 aromatic heterocycles. The minimum absolute atomic E-state index is 0. The first-order valence-corrected chi connectivity index (χ1v) is 8.66. The average molecular weight is 489 g/mol. The van der Waals surface area contributed by atoms with Gasteiger partial charge in [0.05, 0.1) is 12.1 Å². The van der Waals surface area contributed by atoms with Crippen LogP contribution in [0.4, 0.5) is 0 Å². The number of benzene rings is 1. The Kier molecular flexibility index (Phi) is 9.50. The fourth-order valence-electron chi connectivity index (χ4n) is 2.70. The number of amides is 2. The van der Waals surface area contributed by atoms with Gasteiger partial charge in [0, 0.05) is 32.3 Å². The van der Waals surface area contributed by atoms with Gasteiger partial charge in [0.15, 0.2) is 5.96 Å². The van der Waals surface area contributed by atoms with Gasteiger partial charge in [-0.15, -0.1) is 24.0 Å². The van der Waals surface area contributed by atoms with Gasteiger partial charge < -0.3 is 26.4 Å². The molecule has 1 atom stereocenters. The second kappa shape index (κ2) is 11.1. The van der Waals surface area contributed by atoms with E-state index in [9.17, 15) is 9.59 Å². The Hall–Kier alpha value is -1.88. The minimum Gasteiger partial charge on any atom is -0.373 e. The number of nitrogens with two attached hydrogens (primary N) is 1. The lowest BCUT2D eigenvalue weighted by molar-refractivity contribution is -0.117. The lowest BCUT2D eigenvalue weighted by Crippen LogP contribution is -2.45. The van der Waals surface area contributed by atoms with Crippen LogP contribution in [0.5, 0.6) is 0 Å². The number of ether oxygens (including phenoxy) is 1. The monoisotopic (exact) mass is 489 g/mol. The van der Waals surface area contributed by atoms with Gasteiger partial charge in [0.2, 0.25) is 5.91 Å². The Morgan fingerprint density at radius 1 is 1.22 bits per heavy atom. The zero-order valence-electron chi connectivity index (χ0n) is 15.7. The summed E-state index contributed by atoms with van der Waals surface area (Å²) in [6.45, 7) is 4.00. The van der Waals surface area contributed by atoms with E-state index in [0.717, 1.165) is 25.0 Å². The van der Waals surface area contributed by atoms with E-state index in [1.165, 1.54) is 0 Å². The predicted octanol–water partition coefficient (Wildman–Crippen LogP) is 0.754. The number of carbonyl (C=O) groups is 2. The van der Waals surface area contributed by atoms with Gasteiger partial charge in [-0.25, -0.2) is 0 Å². The van der Waals surface area contributed by atoms with Crippen LogP contribution in [0.3, 0.4) is 0 Å². The summed E-state index contributed by atoms with van der Waals surface area (Å²) >= 11 is 0. The van der Waals surface area contributed by atoms with E-state index in [-0.39, 0.29) is 42.0 Å². The summed E-state index contributed by atoms with van der Waals surface area (Å²) in [6.07, 6.45) is 2.12. The van der Waals surface area contributed by atoms with Crippen LogP contribution >= 0.6 is 24.0 Å². The van der Waals surface area contributed by atoms with Crippen LogP contribution in [-0.2, 0) is 16.1 Å². The Morgan fingerprint density at radius 2 is 1.93 bits per heavy atom. The second-order valence-corrected chi connectivity index (χ2v) is 6.53. The molecule has 27 heavy (non-hydrogen) atoms. The van der Waals surface area contributed by atoms with Gasteiger partial charge in [0.25, 0.3) is 5.91 Å². The molecule has 1 aliphatic rings. The van der Waals surface area contributed by atoms with Crippen molar-refractivity contribution in [3.63, 3.8) is 0 Å². The fraction of sp³-hybridized carbons (Fsp3) is 0.500. The Labute approximate surface area is 176 Å². The zero-order chi connectivity index (χ0) is 19.0. The number of primary amides is 1. The highest BCUT2D eigenvalue weighted by Gasteiger charge is 2.29. The van der Waals surface area contributed by atoms with E-state index in [1.54, 1.807) is 19.2 Å². The Balaban J connectivity index is 0.00000364. The number of hydrogen-bond donors (Lipinski definition) is 4. The van der Waals surface area contributed by atoms with Crippen molar-refractivity contribution in [2.45, 2.75) is 31.9 Å². The molecule has 1 heterocycles. The van der Waals surface area contributed by atoms with Crippen LogP contribution in [0.1, 0.15) is 35.7 Å². The molecule has 2 rings (SSSR count). The first-order chi connectivity index (χ1) is 12.4. The number of carbonyl (C=O) groups excluding carboxylic acids is 2. The number of aliphatic imine (C=N–C) groups is 1. The average Bonchev–Trinajstić information content (AvgIpc) is 3.07. The fourth-order valence-corrected chi connectivity index (χ4v) is 2.70. The highest BCUT2D eigenvalue weighted by Crippen LogP contribution is 2.23. The van der Waals surface area contributed by atoms with Gasteiger partial charge in [-0.05, 0) is 37.5 Å². The number of nitrogens with one attached hydrogen (secondary N) is 3. The smallest absolute Gasteiger partial charge is 0.251 e. The van der Waals surface area contributed by atoms with Crippen LogP contribution in [0, 0.1) is 0 Å². The maximum atomic E-state index is 11.8. The summed E-state index contributed by atoms with van der Waals surface area (Å²) in [6, 6.07) is 7.11. The van der Waals surface area contributed by atoms with Crippen molar-refractivity contribution in [2.24, 2.45) is 10.7 Å². The number of hydrogen-bond acceptors (Lipinski definition) is 4. The van der Waals surface area contributed by atoms with Gasteiger partial charge in [-0.3, -0.25) is 14.6 Å². The molecule has 1 aromatic rings. The van der Waals surface area contributed by atoms with Gasteiger partial charge in [-0.1, -0.05) is 12.1 Å². The van der Waals surface area contributed by atoms with Crippen LogP contribution in [0.25, 0.3) is 0 Å². The van der Waals surface area contributed by atoms with Crippen molar-refractivity contribution in [2.75, 3.05) is 26.7 Å². The molecule has 150 valence electrons. The first-order valence-electron chi connectivity index (χ1n) is 8.66. The van der Waals surface area contributed by atoms with Crippen molar-refractivity contribution >= 4 is 41.8 Å². The molecule has 0 aliphatic carbocycles. The SMILES string of the molecule is CN=C(NCc1ccc(C(=O)NCC(N)=O)cc1)NCC1(C)CCCO1.I. The molecule has 2 amide bonds. The summed E-state index contributed by atoms with van der Waals surface area (Å²) < 4.78 is 5.76. The Morgan fingerprint density at radius 3 is 2.48 bits per heavy atom. The molecule has 1 fully saturated rings. The van der Waals surface area contributed by atoms with Crippen molar-refractivity contribution in [1.82, 2.24) is 16.0 Å². The molecule has 1 unspecified atom stereocenters. The summed E-state index contributed by atoms with van der Waals surface area (Å²) in [4.78, 5) is 26.7. The van der Waals surface area contributed by atoms with Crippen molar-refractivity contribution in [3.05, 3.63) is 35.4 Å². The normalized spacial score (nSPS) is 19.1. The van der Waals surface area contributed by atoms with Crippen molar-refractivity contribution in [3.8, 4) is 0 Å². The van der Waals surface area contributed by atoms with E-state index in [2.05, 4.69) is 27.9 Å². The van der Waals surface area contributed by atoms with Gasteiger partial charge >= 0.3 is 0 Å². The van der Waals surface area contributed by atoms with E-state index < -0.39 is 5.91 Å². The molecule has 8 nitrogen and oxygen atoms in total. The number of guanidine groups is 1. The highest BCUT2D eigenvalue weighted by molar-refractivity contribution is 14.0. The predicted molar refractivity (Wildman–Crippen MR) is 115 cm³/mol. The summed E-state index contributed by atoms with van der Waals surface area (Å²) in [5.41, 5.74) is 6.35. The number of nitrogens with zero attached hydrogens (tertiary/aromatic N) is 1. The van der Waals surface area contributed by atoms with E-state index in [4.69, 9.17) is 10.5 Å². The molecule has 1 saturated heterocycles. The topological polar surface area (TPSA) is 118 Å². The lowest BCUT2D eigenvalue weighted by Gasteiger charge is -2.24. The molecule has 0 radical (unpaired) electrons. The summed E-state index contributed by atoms with van der Waals surface area (Å²) in [7, 11) is 1.72. The highest BCUT2D eigenvalue weighted by atomic mass is 127. The third-order valence-corrected chi connectivity index (χ3v) is 4.25. The van der Waals surface area contributed by atoms with E-state index in [0.29, 0.717) is 24.6 Å². The molecular weight excluding hydrogens is 461 g/mol. The summed E-state index contributed by atoms with van der Waals surface area (Å²) in [5.74, 6) is -0.203. The molecule has 0 saturated carbocycles. The standard InChI is InChI=1S/C18H27N5O3.HI/c1-18(8-3-9-26-18)12-23-17(20-2)22-10-13-4-6-14(7-5-13)16(25)21-11-15(19)24;/h4-7H,3,8-12H2,1-2H3,(H2,19,24)(H,21,25)(H2,20,22,23);1H. The molecule has 0 spiro atoms. The molecule has 5 N–H and O–H groups in total. The Bertz CT molecular complexity index is 657. The quantitative estimate of drug-likeness (QED) is 0.256. The van der Waals surface area contributed by atoms with Crippen LogP contribution in [0.2, 0.25) is 0 Å². The molecule has 0 bridgehead atoms. The third-order valence-electron chi connectivity index (χ3n) is 4.25. The third kappa shape index (κ3) is 7.71. The molecule has 1 aliphatic heterocycles. The molecular formula is C18H28IN5O3. The zero-order valence-corrected chi connectivity index (χ0v) is 18.0. The minimum atomic E-state index is -0.574. The first kappa shape index (κ1) is 23.2. The largest absolute Gasteiger partial charge is 0.373 e. The lowest BCUT2D eigenvalue weighted by atomic mass is 10.0.